The molecule has 0 aromatic carbocycles. The van der Waals surface area contributed by atoms with E-state index >= 15 is 0 Å². The molecule has 0 aliphatic heterocycles. The molecule has 0 amide bonds. The molecule has 1 N–H and O–H groups in total. The van der Waals surface area contributed by atoms with E-state index in [2.05, 4.69) is 16.9 Å². The third kappa shape index (κ3) is 2.46. The van der Waals surface area contributed by atoms with Crippen molar-refractivity contribution in [3.05, 3.63) is 12.2 Å². The highest BCUT2D eigenvalue weighted by molar-refractivity contribution is 5.91. The SMILES string of the molecule is C=C(C#N)C(=O)ONC. The quantitative estimate of drug-likeness (QED) is 0.314. The van der Waals surface area contributed by atoms with Gasteiger partial charge in [-0.3, -0.25) is 0 Å². The molecule has 0 aromatic heterocycles. The predicted octanol–water partition coefficient (Wildman–Crippen LogP) is -0.256. The van der Waals surface area contributed by atoms with Crippen molar-refractivity contribution in [1.29, 1.82) is 5.26 Å². The summed E-state index contributed by atoms with van der Waals surface area (Å²) in [6, 6.07) is 1.54. The van der Waals surface area contributed by atoms with Crippen molar-refractivity contribution < 1.29 is 9.63 Å². The van der Waals surface area contributed by atoms with Gasteiger partial charge in [-0.15, -0.1) is 0 Å². The molecule has 0 radical (unpaired) electrons. The van der Waals surface area contributed by atoms with Crippen LogP contribution < -0.4 is 5.48 Å². The summed E-state index contributed by atoms with van der Waals surface area (Å²) in [7, 11) is 1.42. The normalized spacial score (nSPS) is 7.56. The highest BCUT2D eigenvalue weighted by Gasteiger charge is 2.04. The van der Waals surface area contributed by atoms with E-state index < -0.39 is 5.97 Å². The van der Waals surface area contributed by atoms with E-state index in [1.165, 1.54) is 7.05 Å². The minimum absolute atomic E-state index is 0.218. The lowest BCUT2D eigenvalue weighted by Crippen LogP contribution is -2.15. The summed E-state index contributed by atoms with van der Waals surface area (Å²) in [5.74, 6) is -0.750. The molecule has 0 unspecified atom stereocenters. The lowest BCUT2D eigenvalue weighted by Gasteiger charge is -1.95. The van der Waals surface area contributed by atoms with Gasteiger partial charge in [0.1, 0.15) is 11.6 Å². The topological polar surface area (TPSA) is 62.1 Å². The van der Waals surface area contributed by atoms with Crippen LogP contribution in [-0.4, -0.2) is 13.0 Å². The molecule has 4 heteroatoms. The number of nitrogens with one attached hydrogen (secondary N) is 1. The van der Waals surface area contributed by atoms with Gasteiger partial charge in [0.25, 0.3) is 0 Å². The zero-order valence-corrected chi connectivity index (χ0v) is 4.97. The van der Waals surface area contributed by atoms with Gasteiger partial charge in [-0.25, -0.2) is 4.79 Å². The molecular weight excluding hydrogens is 120 g/mol. The number of hydroxylamine groups is 1. The molecule has 0 spiro atoms. The van der Waals surface area contributed by atoms with Gasteiger partial charge >= 0.3 is 5.97 Å². The fraction of sp³-hybridized carbons (Fsp3) is 0.200. The second kappa shape index (κ2) is 3.64. The van der Waals surface area contributed by atoms with E-state index in [1.807, 2.05) is 0 Å². The Hall–Kier alpha value is -1.34. The average Bonchev–Trinajstić information content (AvgIpc) is 1.87. The van der Waals surface area contributed by atoms with Crippen LogP contribution in [0.15, 0.2) is 12.2 Å². The fourth-order valence-corrected chi connectivity index (χ4v) is 0.200. The van der Waals surface area contributed by atoms with Crippen molar-refractivity contribution in [3.8, 4) is 6.07 Å². The first-order valence-corrected chi connectivity index (χ1v) is 2.19. The van der Waals surface area contributed by atoms with Crippen LogP contribution in [0.4, 0.5) is 0 Å². The lowest BCUT2D eigenvalue weighted by molar-refractivity contribution is -0.144. The van der Waals surface area contributed by atoms with Gasteiger partial charge in [0.05, 0.1) is 0 Å². The first-order valence-electron chi connectivity index (χ1n) is 2.19. The van der Waals surface area contributed by atoms with Crippen LogP contribution in [-0.2, 0) is 9.63 Å². The zero-order valence-electron chi connectivity index (χ0n) is 4.97. The van der Waals surface area contributed by atoms with E-state index in [9.17, 15) is 4.79 Å². The van der Waals surface area contributed by atoms with E-state index in [0.29, 0.717) is 0 Å². The van der Waals surface area contributed by atoms with Gasteiger partial charge in [-0.1, -0.05) is 6.58 Å². The minimum Gasteiger partial charge on any atom is -0.367 e. The summed E-state index contributed by atoms with van der Waals surface area (Å²) >= 11 is 0. The Morgan fingerprint density at radius 2 is 2.44 bits per heavy atom. The van der Waals surface area contributed by atoms with Crippen molar-refractivity contribution in [1.82, 2.24) is 5.48 Å². The Kier molecular flexibility index (Phi) is 3.09. The molecular formula is C5H6N2O2. The summed E-state index contributed by atoms with van der Waals surface area (Å²) in [4.78, 5) is 14.6. The summed E-state index contributed by atoms with van der Waals surface area (Å²) in [5.41, 5.74) is 1.90. The number of nitriles is 1. The molecule has 0 fully saturated rings. The number of hydrogen-bond donors (Lipinski definition) is 1. The monoisotopic (exact) mass is 126 g/mol. The first kappa shape index (κ1) is 7.66. The van der Waals surface area contributed by atoms with E-state index in [0.717, 1.165) is 0 Å². The van der Waals surface area contributed by atoms with Gasteiger partial charge in [-0.2, -0.15) is 10.7 Å². The molecule has 0 heterocycles. The van der Waals surface area contributed by atoms with Crippen LogP contribution in [0.2, 0.25) is 0 Å². The molecule has 0 aliphatic rings. The summed E-state index contributed by atoms with van der Waals surface area (Å²) in [6.07, 6.45) is 0. The highest BCUT2D eigenvalue weighted by Crippen LogP contribution is 1.87. The second-order valence-corrected chi connectivity index (χ2v) is 1.18. The van der Waals surface area contributed by atoms with E-state index in [1.54, 1.807) is 6.07 Å². The van der Waals surface area contributed by atoms with Crippen molar-refractivity contribution in [2.75, 3.05) is 7.05 Å². The Balaban J connectivity index is 3.78. The van der Waals surface area contributed by atoms with Crippen LogP contribution in [0.25, 0.3) is 0 Å². The van der Waals surface area contributed by atoms with Gasteiger partial charge in [0, 0.05) is 7.05 Å². The van der Waals surface area contributed by atoms with Crippen LogP contribution in [0.1, 0.15) is 0 Å². The van der Waals surface area contributed by atoms with Crippen LogP contribution in [0.5, 0.6) is 0 Å². The molecule has 0 bridgehead atoms. The molecule has 0 atom stereocenters. The smallest absolute Gasteiger partial charge is 0.366 e. The van der Waals surface area contributed by atoms with E-state index in [-0.39, 0.29) is 5.57 Å². The molecule has 0 saturated carbocycles. The largest absolute Gasteiger partial charge is 0.367 e. The number of carbonyl (C=O) groups excluding carboxylic acids is 1. The van der Waals surface area contributed by atoms with Crippen molar-refractivity contribution >= 4 is 5.97 Å². The maximum atomic E-state index is 10.4. The van der Waals surface area contributed by atoms with Gasteiger partial charge in [0.2, 0.25) is 0 Å². The molecule has 9 heavy (non-hydrogen) atoms. The maximum absolute atomic E-state index is 10.4. The van der Waals surface area contributed by atoms with Crippen LogP contribution in [0, 0.1) is 11.3 Å². The Bertz CT molecular complexity index is 168. The number of carbonyl (C=O) groups is 1. The van der Waals surface area contributed by atoms with Crippen LogP contribution >= 0.6 is 0 Å². The highest BCUT2D eigenvalue weighted by atomic mass is 16.7. The molecule has 0 rings (SSSR count). The average molecular weight is 126 g/mol. The summed E-state index contributed by atoms with van der Waals surface area (Å²) in [6.45, 7) is 3.12. The second-order valence-electron chi connectivity index (χ2n) is 1.18. The first-order chi connectivity index (χ1) is 4.22. The standard InChI is InChI=1S/C5H6N2O2/c1-4(3-6)5(8)9-7-2/h7H,1H2,2H3. The minimum atomic E-state index is -0.750. The summed E-state index contributed by atoms with van der Waals surface area (Å²) < 4.78 is 0. The zero-order chi connectivity index (χ0) is 7.28. The Labute approximate surface area is 52.7 Å². The maximum Gasteiger partial charge on any atom is 0.366 e. The molecule has 48 valence electrons. The number of nitrogens with zero attached hydrogens (tertiary/aromatic N) is 1. The molecule has 4 nitrogen and oxygen atoms in total. The van der Waals surface area contributed by atoms with Gasteiger partial charge in [-0.05, 0) is 0 Å². The summed E-state index contributed by atoms with van der Waals surface area (Å²) in [5, 5.41) is 8.05. The third-order valence-electron chi connectivity index (χ3n) is 0.576. The number of hydrogen-bond acceptors (Lipinski definition) is 4. The van der Waals surface area contributed by atoms with Crippen molar-refractivity contribution in [3.63, 3.8) is 0 Å². The van der Waals surface area contributed by atoms with Crippen LogP contribution in [0.3, 0.4) is 0 Å². The predicted molar refractivity (Wildman–Crippen MR) is 29.9 cm³/mol. The van der Waals surface area contributed by atoms with Crippen molar-refractivity contribution in [2.24, 2.45) is 0 Å². The van der Waals surface area contributed by atoms with Gasteiger partial charge in [0.15, 0.2) is 0 Å². The van der Waals surface area contributed by atoms with Gasteiger partial charge < -0.3 is 4.84 Å². The molecule has 0 saturated heterocycles. The number of rotatable bonds is 2. The Morgan fingerprint density at radius 3 is 2.78 bits per heavy atom. The van der Waals surface area contributed by atoms with E-state index in [4.69, 9.17) is 5.26 Å². The third-order valence-corrected chi connectivity index (χ3v) is 0.576. The Morgan fingerprint density at radius 1 is 1.89 bits per heavy atom. The fourth-order valence-electron chi connectivity index (χ4n) is 0.200. The molecule has 0 aromatic rings. The lowest BCUT2D eigenvalue weighted by atomic mass is 10.4. The molecule has 0 aliphatic carbocycles. The van der Waals surface area contributed by atoms with Crippen molar-refractivity contribution in [2.45, 2.75) is 0 Å².